The second-order valence-electron chi connectivity index (χ2n) is 5.02. The summed E-state index contributed by atoms with van der Waals surface area (Å²) >= 11 is 1.64. The van der Waals surface area contributed by atoms with Crippen molar-refractivity contribution in [3.05, 3.63) is 11.0 Å². The van der Waals surface area contributed by atoms with E-state index in [1.54, 1.807) is 25.6 Å². The summed E-state index contributed by atoms with van der Waals surface area (Å²) in [6.45, 7) is 11.9. The summed E-state index contributed by atoms with van der Waals surface area (Å²) in [7, 11) is 0. The number of aliphatic hydroxyl groups is 1. The monoisotopic (exact) mass is 226 g/mol. The molecule has 0 aromatic heterocycles. The molecule has 0 saturated carbocycles. The van der Waals surface area contributed by atoms with Gasteiger partial charge >= 0.3 is 0 Å². The van der Waals surface area contributed by atoms with Crippen molar-refractivity contribution in [1.29, 1.82) is 0 Å². The average Bonchev–Trinajstić information content (AvgIpc) is 1.98. The zero-order valence-corrected chi connectivity index (χ0v) is 11.5. The zero-order chi connectivity index (χ0) is 12.1. The van der Waals surface area contributed by atoms with Gasteiger partial charge in [-0.05, 0) is 40.4 Å². The molecule has 1 nitrogen and oxygen atoms in total. The highest BCUT2D eigenvalue weighted by Crippen LogP contribution is 2.27. The van der Waals surface area contributed by atoms with Crippen molar-refractivity contribution in [3.8, 4) is 11.8 Å². The van der Waals surface area contributed by atoms with Crippen LogP contribution in [0.25, 0.3) is 0 Å². The van der Waals surface area contributed by atoms with E-state index < -0.39 is 5.60 Å². The predicted octanol–water partition coefficient (Wildman–Crippen LogP) is 3.44. The average molecular weight is 226 g/mol. The smallest absolute Gasteiger partial charge is 0.0904 e. The van der Waals surface area contributed by atoms with Crippen LogP contribution in [-0.4, -0.2) is 16.5 Å². The maximum atomic E-state index is 9.88. The standard InChI is InChI=1S/C13H22OS/c1-7-15-11(13(5,6)14)9-8-10-12(2,3)4/h9,14H,7H2,1-6H3/b11-9-. The molecule has 0 aromatic rings. The van der Waals surface area contributed by atoms with E-state index in [1.807, 2.05) is 6.08 Å². The fourth-order valence-corrected chi connectivity index (χ4v) is 1.68. The molecule has 0 bridgehead atoms. The Morgan fingerprint density at radius 1 is 1.27 bits per heavy atom. The van der Waals surface area contributed by atoms with Crippen LogP contribution in [0.4, 0.5) is 0 Å². The molecule has 0 unspecified atom stereocenters. The molecule has 0 heterocycles. The SMILES string of the molecule is CCS/C(=C\C#CC(C)(C)C)C(C)(C)O. The van der Waals surface area contributed by atoms with Gasteiger partial charge in [0.2, 0.25) is 0 Å². The van der Waals surface area contributed by atoms with Crippen LogP contribution in [0.15, 0.2) is 11.0 Å². The maximum Gasteiger partial charge on any atom is 0.0904 e. The van der Waals surface area contributed by atoms with Crippen molar-refractivity contribution in [1.82, 2.24) is 0 Å². The highest BCUT2D eigenvalue weighted by atomic mass is 32.2. The lowest BCUT2D eigenvalue weighted by atomic mass is 9.98. The molecule has 0 amide bonds. The summed E-state index contributed by atoms with van der Waals surface area (Å²) in [6.07, 6.45) is 1.83. The van der Waals surface area contributed by atoms with Crippen molar-refractivity contribution >= 4 is 11.8 Å². The van der Waals surface area contributed by atoms with Crippen LogP contribution in [-0.2, 0) is 0 Å². The van der Waals surface area contributed by atoms with Crippen molar-refractivity contribution < 1.29 is 5.11 Å². The fraction of sp³-hybridized carbons (Fsp3) is 0.692. The van der Waals surface area contributed by atoms with Gasteiger partial charge in [-0.3, -0.25) is 0 Å². The summed E-state index contributed by atoms with van der Waals surface area (Å²) < 4.78 is 0. The van der Waals surface area contributed by atoms with Gasteiger partial charge in [0.25, 0.3) is 0 Å². The minimum atomic E-state index is -0.784. The van der Waals surface area contributed by atoms with Gasteiger partial charge in [0.15, 0.2) is 0 Å². The number of hydrogen-bond acceptors (Lipinski definition) is 2. The molecule has 0 spiro atoms. The maximum absolute atomic E-state index is 9.88. The van der Waals surface area contributed by atoms with Crippen molar-refractivity contribution in [2.75, 3.05) is 5.75 Å². The van der Waals surface area contributed by atoms with E-state index in [-0.39, 0.29) is 5.41 Å². The van der Waals surface area contributed by atoms with Crippen LogP contribution in [0.2, 0.25) is 0 Å². The molecule has 0 aliphatic carbocycles. The highest BCUT2D eigenvalue weighted by molar-refractivity contribution is 8.03. The molecule has 0 rings (SSSR count). The van der Waals surface area contributed by atoms with E-state index in [9.17, 15) is 5.11 Å². The third kappa shape index (κ3) is 7.53. The van der Waals surface area contributed by atoms with Gasteiger partial charge in [-0.1, -0.05) is 18.8 Å². The minimum Gasteiger partial charge on any atom is -0.385 e. The summed E-state index contributed by atoms with van der Waals surface area (Å²) in [4.78, 5) is 0.932. The molecule has 86 valence electrons. The van der Waals surface area contributed by atoms with E-state index in [2.05, 4.69) is 39.5 Å². The van der Waals surface area contributed by atoms with E-state index in [1.165, 1.54) is 0 Å². The molecule has 0 radical (unpaired) electrons. The van der Waals surface area contributed by atoms with Crippen molar-refractivity contribution in [2.45, 2.75) is 47.1 Å². The normalized spacial score (nSPS) is 13.4. The van der Waals surface area contributed by atoms with Crippen LogP contribution in [0.1, 0.15) is 41.5 Å². The minimum absolute atomic E-state index is 0.0120. The van der Waals surface area contributed by atoms with Gasteiger partial charge in [-0.2, -0.15) is 0 Å². The van der Waals surface area contributed by atoms with Gasteiger partial charge in [-0.15, -0.1) is 11.8 Å². The Balaban J connectivity index is 4.77. The summed E-state index contributed by atoms with van der Waals surface area (Å²) in [5.74, 6) is 7.11. The first kappa shape index (κ1) is 14.6. The molecule has 0 aromatic carbocycles. The zero-order valence-electron chi connectivity index (χ0n) is 10.6. The third-order valence-electron chi connectivity index (χ3n) is 1.55. The Bertz CT molecular complexity index is 278. The summed E-state index contributed by atoms with van der Waals surface area (Å²) in [5, 5.41) is 9.88. The lowest BCUT2D eigenvalue weighted by molar-refractivity contribution is 0.129. The van der Waals surface area contributed by atoms with Crippen LogP contribution in [0.3, 0.4) is 0 Å². The van der Waals surface area contributed by atoms with E-state index in [0.29, 0.717) is 0 Å². The van der Waals surface area contributed by atoms with E-state index in [4.69, 9.17) is 0 Å². The molecule has 0 aliphatic rings. The number of rotatable bonds is 3. The van der Waals surface area contributed by atoms with E-state index in [0.717, 1.165) is 10.7 Å². The third-order valence-corrected chi connectivity index (χ3v) is 2.77. The first-order valence-electron chi connectivity index (χ1n) is 5.25. The Morgan fingerprint density at radius 3 is 2.13 bits per heavy atom. The molecule has 1 N–H and O–H groups in total. The summed E-state index contributed by atoms with van der Waals surface area (Å²) in [6, 6.07) is 0. The number of allylic oxidation sites excluding steroid dienone is 1. The highest BCUT2D eigenvalue weighted by Gasteiger charge is 2.18. The molecule has 2 heteroatoms. The Labute approximate surface area is 98.3 Å². The molecule has 15 heavy (non-hydrogen) atoms. The second kappa shape index (κ2) is 5.63. The van der Waals surface area contributed by atoms with Crippen LogP contribution >= 0.6 is 11.8 Å². The molecule has 0 atom stereocenters. The van der Waals surface area contributed by atoms with E-state index >= 15 is 0 Å². The molecule has 0 fully saturated rings. The Morgan fingerprint density at radius 2 is 1.80 bits per heavy atom. The van der Waals surface area contributed by atoms with Crippen LogP contribution in [0.5, 0.6) is 0 Å². The topological polar surface area (TPSA) is 20.2 Å². The molecule has 0 saturated heterocycles. The fourth-order valence-electron chi connectivity index (χ4n) is 0.869. The first-order chi connectivity index (χ1) is 6.67. The molecular weight excluding hydrogens is 204 g/mol. The number of thioether (sulfide) groups is 1. The second-order valence-corrected chi connectivity index (χ2v) is 6.33. The summed E-state index contributed by atoms with van der Waals surface area (Å²) in [5.41, 5.74) is -0.772. The predicted molar refractivity (Wildman–Crippen MR) is 69.7 cm³/mol. The molecular formula is C13H22OS. The van der Waals surface area contributed by atoms with Crippen molar-refractivity contribution in [3.63, 3.8) is 0 Å². The quantitative estimate of drug-likeness (QED) is 0.744. The number of hydrogen-bond donors (Lipinski definition) is 1. The van der Waals surface area contributed by atoms with Gasteiger partial charge < -0.3 is 5.11 Å². The largest absolute Gasteiger partial charge is 0.385 e. The van der Waals surface area contributed by atoms with Gasteiger partial charge in [0.1, 0.15) is 0 Å². The lowest BCUT2D eigenvalue weighted by Gasteiger charge is -2.19. The Hall–Kier alpha value is -0.390. The van der Waals surface area contributed by atoms with Gasteiger partial charge in [-0.25, -0.2) is 0 Å². The van der Waals surface area contributed by atoms with Crippen LogP contribution in [0, 0.1) is 17.3 Å². The van der Waals surface area contributed by atoms with Gasteiger partial charge in [0, 0.05) is 16.4 Å². The van der Waals surface area contributed by atoms with Crippen LogP contribution < -0.4 is 0 Å². The Kier molecular flexibility index (Phi) is 5.48. The van der Waals surface area contributed by atoms with Crippen molar-refractivity contribution in [2.24, 2.45) is 5.41 Å². The lowest BCUT2D eigenvalue weighted by Crippen LogP contribution is -2.20. The molecule has 0 aliphatic heterocycles. The van der Waals surface area contributed by atoms with Gasteiger partial charge in [0.05, 0.1) is 5.60 Å². The first-order valence-corrected chi connectivity index (χ1v) is 6.24.